The van der Waals surface area contributed by atoms with Crippen molar-refractivity contribution in [3.05, 3.63) is 0 Å². The fourth-order valence-electron chi connectivity index (χ4n) is 2.98. The van der Waals surface area contributed by atoms with Crippen LogP contribution in [-0.4, -0.2) is 17.5 Å². The SMILES string of the molecule is CCC(C)(C)C1CCC(CN)C(SCC(C)C)C1. The monoisotopic (exact) mass is 271 g/mol. The molecular formula is C16H33NS. The quantitative estimate of drug-likeness (QED) is 0.766. The minimum Gasteiger partial charge on any atom is -0.330 e. The lowest BCUT2D eigenvalue weighted by Gasteiger charge is -2.43. The van der Waals surface area contributed by atoms with Crippen molar-refractivity contribution in [2.24, 2.45) is 28.9 Å². The Morgan fingerprint density at radius 1 is 1.28 bits per heavy atom. The molecule has 18 heavy (non-hydrogen) atoms. The highest BCUT2D eigenvalue weighted by Gasteiger charge is 2.36. The minimum atomic E-state index is 0.510. The highest BCUT2D eigenvalue weighted by atomic mass is 32.2. The molecule has 3 atom stereocenters. The second-order valence-electron chi connectivity index (χ2n) is 7.11. The first-order chi connectivity index (χ1) is 8.40. The number of hydrogen-bond acceptors (Lipinski definition) is 2. The molecule has 0 spiro atoms. The average Bonchev–Trinajstić information content (AvgIpc) is 2.35. The van der Waals surface area contributed by atoms with E-state index in [1.807, 2.05) is 0 Å². The molecule has 2 heteroatoms. The fourth-order valence-corrected chi connectivity index (χ4v) is 4.50. The van der Waals surface area contributed by atoms with E-state index in [-0.39, 0.29) is 0 Å². The van der Waals surface area contributed by atoms with Gasteiger partial charge in [-0.2, -0.15) is 11.8 Å². The van der Waals surface area contributed by atoms with E-state index in [2.05, 4.69) is 46.4 Å². The first-order valence-electron chi connectivity index (χ1n) is 7.72. The van der Waals surface area contributed by atoms with Gasteiger partial charge in [0.1, 0.15) is 0 Å². The zero-order valence-electron chi connectivity index (χ0n) is 13.0. The summed E-state index contributed by atoms with van der Waals surface area (Å²) >= 11 is 2.19. The fraction of sp³-hybridized carbons (Fsp3) is 1.00. The van der Waals surface area contributed by atoms with Crippen molar-refractivity contribution in [1.82, 2.24) is 0 Å². The summed E-state index contributed by atoms with van der Waals surface area (Å²) in [5.41, 5.74) is 6.48. The van der Waals surface area contributed by atoms with Gasteiger partial charge in [0.25, 0.3) is 0 Å². The van der Waals surface area contributed by atoms with Gasteiger partial charge in [0, 0.05) is 5.25 Å². The van der Waals surface area contributed by atoms with E-state index >= 15 is 0 Å². The highest BCUT2D eigenvalue weighted by Crippen LogP contribution is 2.45. The van der Waals surface area contributed by atoms with E-state index in [0.29, 0.717) is 5.41 Å². The van der Waals surface area contributed by atoms with Gasteiger partial charge in [0.15, 0.2) is 0 Å². The van der Waals surface area contributed by atoms with Gasteiger partial charge in [0.2, 0.25) is 0 Å². The van der Waals surface area contributed by atoms with Crippen LogP contribution in [0.3, 0.4) is 0 Å². The van der Waals surface area contributed by atoms with Crippen molar-refractivity contribution >= 4 is 11.8 Å². The Hall–Kier alpha value is 0.310. The lowest BCUT2D eigenvalue weighted by Crippen LogP contribution is -2.37. The van der Waals surface area contributed by atoms with Gasteiger partial charge in [-0.3, -0.25) is 0 Å². The van der Waals surface area contributed by atoms with Crippen LogP contribution in [0.4, 0.5) is 0 Å². The van der Waals surface area contributed by atoms with Gasteiger partial charge in [-0.15, -0.1) is 0 Å². The van der Waals surface area contributed by atoms with Gasteiger partial charge in [-0.25, -0.2) is 0 Å². The number of hydrogen-bond donors (Lipinski definition) is 1. The molecule has 1 aliphatic rings. The van der Waals surface area contributed by atoms with Crippen molar-refractivity contribution in [3.8, 4) is 0 Å². The Balaban J connectivity index is 2.60. The molecule has 0 radical (unpaired) electrons. The molecule has 0 bridgehead atoms. The van der Waals surface area contributed by atoms with Crippen LogP contribution in [0.5, 0.6) is 0 Å². The molecule has 3 unspecified atom stereocenters. The molecule has 1 rings (SSSR count). The summed E-state index contributed by atoms with van der Waals surface area (Å²) in [7, 11) is 0. The molecule has 0 aromatic heterocycles. The second-order valence-corrected chi connectivity index (χ2v) is 8.39. The summed E-state index contributed by atoms with van der Waals surface area (Å²) in [5.74, 6) is 3.75. The van der Waals surface area contributed by atoms with E-state index in [1.54, 1.807) is 0 Å². The van der Waals surface area contributed by atoms with Crippen molar-refractivity contribution in [2.75, 3.05) is 12.3 Å². The molecular weight excluding hydrogens is 238 g/mol. The molecule has 1 saturated carbocycles. The van der Waals surface area contributed by atoms with E-state index in [9.17, 15) is 0 Å². The van der Waals surface area contributed by atoms with Crippen molar-refractivity contribution < 1.29 is 0 Å². The van der Waals surface area contributed by atoms with Crippen molar-refractivity contribution in [2.45, 2.75) is 65.6 Å². The van der Waals surface area contributed by atoms with E-state index in [4.69, 9.17) is 5.73 Å². The van der Waals surface area contributed by atoms with Crippen LogP contribution in [-0.2, 0) is 0 Å². The normalized spacial score (nSPS) is 29.8. The summed E-state index contributed by atoms with van der Waals surface area (Å²) < 4.78 is 0. The molecule has 0 aromatic rings. The molecule has 0 aliphatic heterocycles. The highest BCUT2D eigenvalue weighted by molar-refractivity contribution is 7.99. The van der Waals surface area contributed by atoms with Gasteiger partial charge in [-0.05, 0) is 54.7 Å². The lowest BCUT2D eigenvalue weighted by atomic mass is 9.67. The Labute approximate surface area is 119 Å². The number of nitrogens with two attached hydrogens (primary N) is 1. The Kier molecular flexibility index (Phi) is 6.54. The van der Waals surface area contributed by atoms with E-state index in [1.165, 1.54) is 31.4 Å². The van der Waals surface area contributed by atoms with Crippen LogP contribution in [0, 0.1) is 23.2 Å². The molecule has 1 nitrogen and oxygen atoms in total. The molecule has 0 heterocycles. The van der Waals surface area contributed by atoms with Gasteiger partial charge >= 0.3 is 0 Å². The van der Waals surface area contributed by atoms with Gasteiger partial charge in [-0.1, -0.05) is 41.0 Å². The molecule has 0 aromatic carbocycles. The third-order valence-electron chi connectivity index (χ3n) is 4.89. The predicted molar refractivity (Wildman–Crippen MR) is 85.0 cm³/mol. The standard InChI is InChI=1S/C16H33NS/c1-6-16(4,5)14-8-7-13(10-17)15(9-14)18-11-12(2)3/h12-15H,6-11,17H2,1-5H3. The molecule has 0 amide bonds. The first-order valence-corrected chi connectivity index (χ1v) is 8.77. The summed E-state index contributed by atoms with van der Waals surface area (Å²) in [4.78, 5) is 0. The number of thioether (sulfide) groups is 1. The van der Waals surface area contributed by atoms with E-state index < -0.39 is 0 Å². The third-order valence-corrected chi connectivity index (χ3v) is 6.76. The van der Waals surface area contributed by atoms with Crippen molar-refractivity contribution in [3.63, 3.8) is 0 Å². The van der Waals surface area contributed by atoms with Crippen LogP contribution in [0.15, 0.2) is 0 Å². The third kappa shape index (κ3) is 4.45. The Morgan fingerprint density at radius 2 is 1.94 bits per heavy atom. The molecule has 108 valence electrons. The maximum Gasteiger partial charge on any atom is 0.00902 e. The van der Waals surface area contributed by atoms with E-state index in [0.717, 1.165) is 29.5 Å². The van der Waals surface area contributed by atoms with Crippen LogP contribution in [0.1, 0.15) is 60.3 Å². The zero-order valence-corrected chi connectivity index (χ0v) is 13.9. The smallest absolute Gasteiger partial charge is 0.00902 e. The second kappa shape index (κ2) is 7.19. The first kappa shape index (κ1) is 16.4. The zero-order chi connectivity index (χ0) is 13.8. The average molecular weight is 272 g/mol. The molecule has 0 saturated heterocycles. The minimum absolute atomic E-state index is 0.510. The predicted octanol–water partition coefficient (Wildman–Crippen LogP) is 4.56. The molecule has 1 fully saturated rings. The summed E-state index contributed by atoms with van der Waals surface area (Å²) in [5, 5.41) is 0.807. The van der Waals surface area contributed by atoms with Crippen LogP contribution < -0.4 is 5.73 Å². The summed E-state index contributed by atoms with van der Waals surface area (Å²) in [6.07, 6.45) is 5.43. The Morgan fingerprint density at radius 3 is 2.44 bits per heavy atom. The van der Waals surface area contributed by atoms with Crippen molar-refractivity contribution in [1.29, 1.82) is 0 Å². The summed E-state index contributed by atoms with van der Waals surface area (Å²) in [6, 6.07) is 0. The summed E-state index contributed by atoms with van der Waals surface area (Å²) in [6.45, 7) is 12.8. The van der Waals surface area contributed by atoms with Crippen LogP contribution >= 0.6 is 11.8 Å². The molecule has 1 aliphatic carbocycles. The van der Waals surface area contributed by atoms with Gasteiger partial charge in [0.05, 0.1) is 0 Å². The molecule has 2 N–H and O–H groups in total. The van der Waals surface area contributed by atoms with Crippen LogP contribution in [0.2, 0.25) is 0 Å². The topological polar surface area (TPSA) is 26.0 Å². The lowest BCUT2D eigenvalue weighted by molar-refractivity contribution is 0.134. The maximum absolute atomic E-state index is 5.97. The number of rotatable bonds is 6. The van der Waals surface area contributed by atoms with Crippen LogP contribution in [0.25, 0.3) is 0 Å². The van der Waals surface area contributed by atoms with Gasteiger partial charge < -0.3 is 5.73 Å². The largest absolute Gasteiger partial charge is 0.330 e. The maximum atomic E-state index is 5.97. The Bertz CT molecular complexity index is 237.